The van der Waals surface area contributed by atoms with Crippen LogP contribution in [-0.4, -0.2) is 25.7 Å². The van der Waals surface area contributed by atoms with E-state index in [1.165, 1.54) is 15.7 Å². The number of nitrogens with zero attached hydrogens (tertiary/aromatic N) is 1. The van der Waals surface area contributed by atoms with Gasteiger partial charge in [-0.1, -0.05) is 19.1 Å². The fraction of sp³-hybridized carbons (Fsp3) is 0.500. The normalized spacial score (nSPS) is 21.7. The molecule has 2 nitrogen and oxygen atoms in total. The maximum absolute atomic E-state index is 3.46. The number of benzene rings is 1. The quantitative estimate of drug-likeness (QED) is 0.844. The maximum atomic E-state index is 3.46. The van der Waals surface area contributed by atoms with E-state index in [-0.39, 0.29) is 0 Å². The Morgan fingerprint density at radius 2 is 2.27 bits per heavy atom. The predicted octanol–water partition coefficient (Wildman–Crippen LogP) is 2.48. The second-order valence-electron chi connectivity index (χ2n) is 3.91. The number of anilines is 1. The fourth-order valence-electron chi connectivity index (χ4n) is 2.13. The van der Waals surface area contributed by atoms with Crippen LogP contribution in [0.1, 0.15) is 13.3 Å². The molecule has 1 atom stereocenters. The van der Waals surface area contributed by atoms with Gasteiger partial charge in [0.2, 0.25) is 0 Å². The van der Waals surface area contributed by atoms with Crippen molar-refractivity contribution < 1.29 is 0 Å². The van der Waals surface area contributed by atoms with Gasteiger partial charge in [-0.3, -0.25) is 0 Å². The molecule has 0 radical (unpaired) electrons. The lowest BCUT2D eigenvalue weighted by atomic mass is 10.1. The molecule has 0 spiro atoms. The molecule has 1 saturated heterocycles. The van der Waals surface area contributed by atoms with Crippen LogP contribution < -0.4 is 10.2 Å². The van der Waals surface area contributed by atoms with Crippen LogP contribution in [-0.2, 0) is 0 Å². The molecule has 0 amide bonds. The summed E-state index contributed by atoms with van der Waals surface area (Å²) >= 11 is 2.43. The van der Waals surface area contributed by atoms with E-state index in [1.807, 2.05) is 0 Å². The minimum Gasteiger partial charge on any atom is -0.365 e. The molecular formula is C12H17IN2. The van der Waals surface area contributed by atoms with E-state index in [0.29, 0.717) is 6.04 Å². The molecular weight excluding hydrogens is 299 g/mol. The number of hydrogen-bond acceptors (Lipinski definition) is 2. The van der Waals surface area contributed by atoms with Crippen LogP contribution in [0.25, 0.3) is 0 Å². The number of rotatable bonds is 2. The Bertz CT molecular complexity index is 327. The molecule has 2 rings (SSSR count). The van der Waals surface area contributed by atoms with Crippen LogP contribution in [0.5, 0.6) is 0 Å². The van der Waals surface area contributed by atoms with Gasteiger partial charge in [0.05, 0.1) is 5.69 Å². The number of halogens is 1. The first-order chi connectivity index (χ1) is 7.33. The Morgan fingerprint density at radius 1 is 1.47 bits per heavy atom. The second-order valence-corrected chi connectivity index (χ2v) is 5.07. The van der Waals surface area contributed by atoms with E-state index in [0.717, 1.165) is 19.6 Å². The van der Waals surface area contributed by atoms with Crippen molar-refractivity contribution in [2.75, 3.05) is 24.5 Å². The largest absolute Gasteiger partial charge is 0.365 e. The van der Waals surface area contributed by atoms with Crippen molar-refractivity contribution in [2.24, 2.45) is 0 Å². The highest BCUT2D eigenvalue weighted by molar-refractivity contribution is 14.1. The number of nitrogens with one attached hydrogen (secondary N) is 1. The fourth-order valence-corrected chi connectivity index (χ4v) is 2.82. The van der Waals surface area contributed by atoms with Gasteiger partial charge < -0.3 is 10.2 Å². The van der Waals surface area contributed by atoms with Crippen molar-refractivity contribution in [3.63, 3.8) is 0 Å². The van der Waals surface area contributed by atoms with Crippen molar-refractivity contribution in [1.82, 2.24) is 5.32 Å². The Morgan fingerprint density at radius 3 is 3.00 bits per heavy atom. The summed E-state index contributed by atoms with van der Waals surface area (Å²) in [5, 5.41) is 3.46. The Hall–Kier alpha value is -0.290. The smallest absolute Gasteiger partial charge is 0.0505 e. The van der Waals surface area contributed by atoms with Gasteiger partial charge in [-0.05, 0) is 41.1 Å². The second kappa shape index (κ2) is 5.16. The van der Waals surface area contributed by atoms with Crippen molar-refractivity contribution >= 4 is 28.3 Å². The molecule has 1 aliphatic rings. The highest BCUT2D eigenvalue weighted by Gasteiger charge is 2.21. The molecule has 1 aromatic carbocycles. The van der Waals surface area contributed by atoms with Crippen LogP contribution >= 0.6 is 22.6 Å². The monoisotopic (exact) mass is 316 g/mol. The summed E-state index contributed by atoms with van der Waals surface area (Å²) in [6.45, 7) is 5.60. The first kappa shape index (κ1) is 11.2. The van der Waals surface area contributed by atoms with Crippen LogP contribution in [0.2, 0.25) is 0 Å². The van der Waals surface area contributed by atoms with Crippen LogP contribution in [0, 0.1) is 3.57 Å². The molecule has 0 bridgehead atoms. The highest BCUT2D eigenvalue weighted by Crippen LogP contribution is 2.25. The number of para-hydroxylation sites is 1. The maximum Gasteiger partial charge on any atom is 0.0505 e. The average molecular weight is 316 g/mol. The third kappa shape index (κ3) is 2.45. The summed E-state index contributed by atoms with van der Waals surface area (Å²) in [6, 6.07) is 9.30. The van der Waals surface area contributed by atoms with E-state index in [2.05, 4.69) is 64.0 Å². The highest BCUT2D eigenvalue weighted by atomic mass is 127. The van der Waals surface area contributed by atoms with Gasteiger partial charge in [-0.25, -0.2) is 0 Å². The summed E-state index contributed by atoms with van der Waals surface area (Å²) in [4.78, 5) is 2.54. The lowest BCUT2D eigenvalue weighted by molar-refractivity contribution is 0.466. The first-order valence-electron chi connectivity index (χ1n) is 5.55. The lowest BCUT2D eigenvalue weighted by Crippen LogP contribution is -2.51. The summed E-state index contributed by atoms with van der Waals surface area (Å²) in [5.41, 5.74) is 1.39. The molecule has 0 saturated carbocycles. The van der Waals surface area contributed by atoms with Gasteiger partial charge >= 0.3 is 0 Å². The zero-order valence-electron chi connectivity index (χ0n) is 9.04. The van der Waals surface area contributed by atoms with E-state index in [4.69, 9.17) is 0 Å². The van der Waals surface area contributed by atoms with E-state index in [9.17, 15) is 0 Å². The van der Waals surface area contributed by atoms with Crippen LogP contribution in [0.3, 0.4) is 0 Å². The van der Waals surface area contributed by atoms with Crippen molar-refractivity contribution in [3.05, 3.63) is 27.8 Å². The zero-order valence-corrected chi connectivity index (χ0v) is 11.2. The summed E-state index contributed by atoms with van der Waals surface area (Å²) in [5.74, 6) is 0. The third-order valence-corrected chi connectivity index (χ3v) is 3.90. The lowest BCUT2D eigenvalue weighted by Gasteiger charge is -2.38. The van der Waals surface area contributed by atoms with Crippen molar-refractivity contribution in [1.29, 1.82) is 0 Å². The summed E-state index contributed by atoms with van der Waals surface area (Å²) in [6.07, 6.45) is 1.21. The van der Waals surface area contributed by atoms with Gasteiger partial charge in [0.1, 0.15) is 0 Å². The van der Waals surface area contributed by atoms with Crippen molar-refractivity contribution in [3.8, 4) is 0 Å². The molecule has 1 unspecified atom stereocenters. The summed E-state index contributed by atoms with van der Waals surface area (Å²) in [7, 11) is 0. The zero-order chi connectivity index (χ0) is 10.7. The molecule has 3 heteroatoms. The average Bonchev–Trinajstić information content (AvgIpc) is 2.30. The minimum atomic E-state index is 0.648. The molecule has 82 valence electrons. The minimum absolute atomic E-state index is 0.648. The first-order valence-corrected chi connectivity index (χ1v) is 6.62. The molecule has 1 heterocycles. The van der Waals surface area contributed by atoms with E-state index < -0.39 is 0 Å². The molecule has 1 fully saturated rings. The van der Waals surface area contributed by atoms with Gasteiger partial charge in [-0.15, -0.1) is 0 Å². The topological polar surface area (TPSA) is 15.3 Å². The number of hydrogen-bond donors (Lipinski definition) is 1. The molecule has 0 aliphatic carbocycles. The third-order valence-electron chi connectivity index (χ3n) is 2.98. The van der Waals surface area contributed by atoms with E-state index in [1.54, 1.807) is 0 Å². The van der Waals surface area contributed by atoms with Gasteiger partial charge in [0.25, 0.3) is 0 Å². The SMILES string of the molecule is CCC1CNCCN1c1ccccc1I. The Labute approximate surface area is 105 Å². The molecule has 1 aliphatic heterocycles. The molecule has 1 aromatic rings. The molecule has 15 heavy (non-hydrogen) atoms. The van der Waals surface area contributed by atoms with Crippen LogP contribution in [0.4, 0.5) is 5.69 Å². The van der Waals surface area contributed by atoms with E-state index >= 15 is 0 Å². The van der Waals surface area contributed by atoms with Gasteiger partial charge in [-0.2, -0.15) is 0 Å². The standard InChI is InChI=1S/C12H17IN2/c1-2-10-9-14-7-8-15(10)12-6-4-3-5-11(12)13/h3-6,10,14H,2,7-9H2,1H3. The van der Waals surface area contributed by atoms with Crippen molar-refractivity contribution in [2.45, 2.75) is 19.4 Å². The number of piperazine rings is 1. The predicted molar refractivity (Wildman–Crippen MR) is 73.5 cm³/mol. The van der Waals surface area contributed by atoms with Crippen LogP contribution in [0.15, 0.2) is 24.3 Å². The molecule has 1 N–H and O–H groups in total. The van der Waals surface area contributed by atoms with Gasteiger partial charge in [0, 0.05) is 29.2 Å². The van der Waals surface area contributed by atoms with Gasteiger partial charge in [0.15, 0.2) is 0 Å². The Balaban J connectivity index is 2.24. The Kier molecular flexibility index (Phi) is 3.86. The summed E-state index contributed by atoms with van der Waals surface area (Å²) < 4.78 is 1.36. The molecule has 0 aromatic heterocycles.